The summed E-state index contributed by atoms with van der Waals surface area (Å²) in [5.74, 6) is 0. The van der Waals surface area contributed by atoms with Crippen LogP contribution >= 0.6 is 0 Å². The molecule has 1 rings (SSSR count). The van der Waals surface area contributed by atoms with Gasteiger partial charge in [0.1, 0.15) is 0 Å². The summed E-state index contributed by atoms with van der Waals surface area (Å²) in [6.45, 7) is 9.71. The zero-order valence-electron chi connectivity index (χ0n) is 13.8. The Kier molecular flexibility index (Phi) is 7.00. The molecule has 0 fully saturated rings. The van der Waals surface area contributed by atoms with E-state index in [1.807, 2.05) is 0 Å². The van der Waals surface area contributed by atoms with Gasteiger partial charge in [-0.15, -0.1) is 0 Å². The van der Waals surface area contributed by atoms with Crippen LogP contribution < -0.4 is 24.8 Å². The van der Waals surface area contributed by atoms with Gasteiger partial charge in [0.25, 0.3) is 0 Å². The summed E-state index contributed by atoms with van der Waals surface area (Å²) in [6, 6.07) is 0.665. The molecule has 0 bridgehead atoms. The summed E-state index contributed by atoms with van der Waals surface area (Å²) in [4.78, 5) is 0. The van der Waals surface area contributed by atoms with Crippen molar-refractivity contribution >= 4 is 8.96 Å². The van der Waals surface area contributed by atoms with Gasteiger partial charge in [0.2, 0.25) is 0 Å². The molecular formula is C14H31Cl2NSiTi. The number of nitrogens with zero attached hydrogens (tertiary/aromatic N) is 1. The van der Waals surface area contributed by atoms with Gasteiger partial charge in [-0.2, -0.15) is 0 Å². The smallest absolute Gasteiger partial charge is 1.00 e. The van der Waals surface area contributed by atoms with Crippen molar-refractivity contribution in [3.8, 4) is 0 Å². The maximum atomic E-state index is 2.96. The molecule has 1 aliphatic carbocycles. The number of rotatable bonds is 4. The van der Waals surface area contributed by atoms with E-state index in [2.05, 4.69) is 69.1 Å². The van der Waals surface area contributed by atoms with Gasteiger partial charge in [0.05, 0.1) is 0 Å². The number of halogens is 2. The molecule has 0 aromatic rings. The van der Waals surface area contributed by atoms with Crippen molar-refractivity contribution in [2.24, 2.45) is 0 Å². The van der Waals surface area contributed by atoms with Crippen molar-refractivity contribution in [1.82, 2.24) is 3.05 Å². The Labute approximate surface area is 133 Å². The van der Waals surface area contributed by atoms with Gasteiger partial charge in [-0.1, -0.05) is 0 Å². The molecule has 1 nitrogen and oxygen atoms in total. The predicted molar refractivity (Wildman–Crippen MR) is 81.1 cm³/mol. The van der Waals surface area contributed by atoms with E-state index in [4.69, 9.17) is 0 Å². The molecule has 0 heterocycles. The third-order valence-electron chi connectivity index (χ3n) is 4.47. The monoisotopic (exact) mass is 359 g/mol. The van der Waals surface area contributed by atoms with Crippen LogP contribution in [-0.2, 0) is 14.3 Å². The predicted octanol–water partition coefficient (Wildman–Crippen LogP) is -1.14. The third kappa shape index (κ3) is 4.21. The van der Waals surface area contributed by atoms with Gasteiger partial charge >= 0.3 is 109 Å². The summed E-state index contributed by atoms with van der Waals surface area (Å²) in [5, 5.41) is 10.4. The van der Waals surface area contributed by atoms with Gasteiger partial charge < -0.3 is 24.8 Å². The van der Waals surface area contributed by atoms with Crippen LogP contribution in [0.25, 0.3) is 0 Å². The number of allylic oxidation sites excluding steroid dienone is 4. The van der Waals surface area contributed by atoms with E-state index in [1.165, 1.54) is 6.42 Å². The Bertz CT molecular complexity index is 371. The quantitative estimate of drug-likeness (QED) is 0.574. The van der Waals surface area contributed by atoms with E-state index in [9.17, 15) is 0 Å². The molecule has 1 aliphatic rings. The minimum absolute atomic E-state index is 0. The molecule has 0 unspecified atom stereocenters. The molecule has 0 aromatic heterocycles. The Balaban J connectivity index is 0. The fourth-order valence-electron chi connectivity index (χ4n) is 4.36. The Morgan fingerprint density at radius 2 is 1.58 bits per heavy atom. The molecule has 0 saturated carbocycles. The van der Waals surface area contributed by atoms with E-state index in [1.54, 1.807) is 3.88 Å². The average molecular weight is 360 g/mol. The van der Waals surface area contributed by atoms with Crippen molar-refractivity contribution in [3.63, 3.8) is 0 Å². The second-order valence-electron chi connectivity index (χ2n) is 8.93. The normalized spacial score (nSPS) is 16.9. The maximum Gasteiger partial charge on any atom is -1.00 e. The summed E-state index contributed by atoms with van der Waals surface area (Å²) >= 11 is -3.18. The number of hydrogen-bond acceptors (Lipinski definition) is 1. The van der Waals surface area contributed by atoms with Crippen molar-refractivity contribution in [2.45, 2.75) is 60.3 Å². The summed E-state index contributed by atoms with van der Waals surface area (Å²) in [7, 11) is -0.811. The molecule has 0 spiro atoms. The molecule has 0 N–H and O–H groups in total. The average Bonchev–Trinajstić information content (AvgIpc) is 2.49. The molecular weight excluding hydrogens is 329 g/mol. The fraction of sp³-hybridized carbons (Fsp3) is 0.714. The first-order valence-corrected chi connectivity index (χ1v) is 17.6. The van der Waals surface area contributed by atoms with Crippen LogP contribution in [0.3, 0.4) is 0 Å². The van der Waals surface area contributed by atoms with Crippen molar-refractivity contribution in [1.29, 1.82) is 0 Å². The van der Waals surface area contributed by atoms with Gasteiger partial charge in [-0.25, -0.2) is 0 Å². The van der Waals surface area contributed by atoms with Crippen LogP contribution in [0.5, 0.6) is 0 Å². The Morgan fingerprint density at radius 3 is 1.84 bits per heavy atom. The van der Waals surface area contributed by atoms with E-state index >= 15 is 0 Å². The molecule has 114 valence electrons. The zero-order chi connectivity index (χ0) is 13.5. The first kappa shape index (κ1) is 22.2. The number of hydrogen-bond donors (Lipinski definition) is 0. The largest absolute Gasteiger partial charge is 1.00 e. The van der Waals surface area contributed by atoms with E-state index in [0.29, 0.717) is 6.04 Å². The van der Waals surface area contributed by atoms with E-state index in [-0.39, 0.29) is 24.8 Å². The third-order valence-corrected chi connectivity index (χ3v) is 22.9. The van der Waals surface area contributed by atoms with Crippen molar-refractivity contribution < 1.29 is 39.1 Å². The van der Waals surface area contributed by atoms with Crippen molar-refractivity contribution in [2.75, 3.05) is 0 Å². The van der Waals surface area contributed by atoms with Crippen LogP contribution in [0.1, 0.15) is 20.3 Å². The van der Waals surface area contributed by atoms with E-state index < -0.39 is 23.2 Å². The fourth-order valence-corrected chi connectivity index (χ4v) is 26.5. The summed E-state index contributed by atoms with van der Waals surface area (Å²) in [5.41, 5.74) is 0. The van der Waals surface area contributed by atoms with Crippen LogP contribution in [0.2, 0.25) is 34.0 Å². The molecule has 0 radical (unpaired) electrons. The SMILES string of the molecule is CC(C)[N]([SiH](C)C)[Ti+2]([CH3])([CH3])([CH3])([CH3])[C]1=CC=CC1.[Cl-].[Cl-]. The maximum absolute atomic E-state index is 3.18. The molecule has 0 aromatic carbocycles. The first-order valence-electron chi connectivity index (χ1n) is 7.02. The first-order chi connectivity index (χ1) is 7.40. The van der Waals surface area contributed by atoms with Gasteiger partial charge in [-0.3, -0.25) is 0 Å². The topological polar surface area (TPSA) is 3.24 Å². The second-order valence-corrected chi connectivity index (χ2v) is 29.9. The molecule has 5 heteroatoms. The van der Waals surface area contributed by atoms with Gasteiger partial charge in [-0.05, 0) is 0 Å². The minimum Gasteiger partial charge on any atom is -1.00 e. The van der Waals surface area contributed by atoms with Crippen LogP contribution in [0.4, 0.5) is 0 Å². The van der Waals surface area contributed by atoms with Gasteiger partial charge in [0.15, 0.2) is 0 Å². The Hall–Kier alpha value is 0.951. The summed E-state index contributed by atoms with van der Waals surface area (Å²) < 4.78 is 4.68. The second kappa shape index (κ2) is 5.98. The minimum atomic E-state index is -3.18. The Morgan fingerprint density at radius 1 is 1.11 bits per heavy atom. The van der Waals surface area contributed by atoms with Crippen LogP contribution in [-0.4, -0.2) is 18.0 Å². The van der Waals surface area contributed by atoms with Crippen LogP contribution in [0.15, 0.2) is 22.1 Å². The zero-order valence-corrected chi connectivity index (χ0v) is 18.0. The molecule has 0 saturated heterocycles. The molecule has 0 atom stereocenters. The summed E-state index contributed by atoms with van der Waals surface area (Å²) in [6.07, 6.45) is 8.14. The molecule has 0 amide bonds. The molecule has 19 heavy (non-hydrogen) atoms. The van der Waals surface area contributed by atoms with Crippen LogP contribution in [0, 0.1) is 0 Å². The van der Waals surface area contributed by atoms with Crippen molar-refractivity contribution in [3.05, 3.63) is 22.1 Å². The van der Waals surface area contributed by atoms with E-state index in [0.717, 1.165) is 0 Å². The standard InChI is InChI=1S/C5H14NSi.C5H5.4CH3.2ClH.Ti/c1-5(2)6-7(3)4;1-2-4-5-3-1;;;;;;;/h5,7H,1-4H3;1-3H,4H2;4*1H3;2*1H;/q-1;;;;;;;;+3/p-2. The van der Waals surface area contributed by atoms with Gasteiger partial charge in [0, 0.05) is 0 Å². The molecule has 0 aliphatic heterocycles.